The third-order valence-electron chi connectivity index (χ3n) is 23.7. The SMILES string of the molecule is CC(C)(Sc1ccc2nccn2c1-c1ccc(C#N)cc1)C(=O)O.CC(C)(Sc1ccc2nnc(-c3ccc(C#N)cc3)n2c1)C(=O)O.Cc1nc(Cc2c(Cl)cccc2Cl)n2cc(CCC(=O)O)ccc12.Cc1nn(Cc2c(Cl)cccc2Cl)c2cc(SC(C)(C)C(=O)O)ccc12.N#Cc1ccc(-c2cncc3cc(C(=O)O)sc23)c2ccccc12.N#Cc1ccc(-c2cncc3cc(CCC(=O)O)sc23)c2ccccc12. The lowest BCUT2D eigenvalue weighted by Crippen LogP contribution is -2.27. The number of fused-ring (bicyclic) bond motifs is 8. The molecule has 0 saturated carbocycles. The van der Waals surface area contributed by atoms with Crippen LogP contribution in [0.4, 0.5) is 0 Å². The Morgan fingerprint density at radius 2 is 0.966 bits per heavy atom. The molecule has 36 heteroatoms. The van der Waals surface area contributed by atoms with Gasteiger partial charge in [0.25, 0.3) is 0 Å². The van der Waals surface area contributed by atoms with Gasteiger partial charge in [0.1, 0.15) is 30.6 Å². The fraction of sp³-hybridized carbons (Fsp3) is 0.152. The van der Waals surface area contributed by atoms with Crippen molar-refractivity contribution in [2.45, 2.75) is 123 Å². The van der Waals surface area contributed by atoms with Crippen LogP contribution in [0, 0.1) is 59.2 Å². The zero-order valence-electron chi connectivity index (χ0n) is 80.1. The highest BCUT2D eigenvalue weighted by Crippen LogP contribution is 2.45. The average molecular weight is 2140 g/mol. The lowest BCUT2D eigenvalue weighted by molar-refractivity contribution is -0.139. The summed E-state index contributed by atoms with van der Waals surface area (Å²) in [4.78, 5) is 88.5. The molecule has 0 amide bonds. The molecule has 740 valence electrons. The first kappa shape index (κ1) is 106. The standard InChI is InChI=1S/C21H14N2O2S.C19H18Cl2N2O2S.C19H10N2O2S.C18H16Cl2N2O2.C18H15N3O2S.C17H14N4O2S/c22-10-13-5-7-18(17-4-2-1-3-16(13)17)19-12-23-11-14-9-15(26-21(14)19)6-8-20(24)25;1-11-13-8-7-12(26-19(2,3)18(24)25)9-17(13)23(22-11)10-14-15(20)5-4-6-16(14)21;20-8-11-5-6-15(14-4-2-1-3-13(11)14)16-10-21-9-12-7-17(19(22)23)24-18(12)16;1-11-16-7-5-12(6-8-18(23)24)10-22(16)17(21-11)9-13-14(19)3-2-4-15(13)20;1-18(2,17(22)23)24-14-7-8-15-20-9-10-21(15)16(14)13-5-3-12(11-19)4-6-13;1-17(2,16(22)23)24-13-7-8-14-19-20-15(21(14)10-13)12-5-3-11(9-18)4-6-12/h1-5,7,9,11-12H,6,8H2,(H,24,25);4-9H,10H2,1-3H3,(H,24,25);1-7,9-10H,(H,22,23);2-5,7,10H,6,8-9H2,1H3,(H,23,24);3-10H,1-2H3,(H,22,23);3-8,10H,1-2H3,(H,22,23). The van der Waals surface area contributed by atoms with Crippen molar-refractivity contribution in [3.05, 3.63) is 360 Å². The van der Waals surface area contributed by atoms with Gasteiger partial charge < -0.3 is 35.0 Å². The number of thioether (sulfide) groups is 3. The molecule has 11 heterocycles. The number of hydrogen-bond donors (Lipinski definition) is 6. The Hall–Kier alpha value is -15.8. The van der Waals surface area contributed by atoms with Crippen molar-refractivity contribution in [2.75, 3.05) is 0 Å². The molecule has 27 nitrogen and oxygen atoms in total. The van der Waals surface area contributed by atoms with E-state index in [-0.39, 0.29) is 17.7 Å². The molecule has 0 radical (unpaired) electrons. The van der Waals surface area contributed by atoms with Crippen LogP contribution in [0.1, 0.15) is 125 Å². The van der Waals surface area contributed by atoms with Gasteiger partial charge in [0.05, 0.1) is 87.6 Å². The minimum absolute atomic E-state index is 0.102. The largest absolute Gasteiger partial charge is 0.481 e. The molecule has 148 heavy (non-hydrogen) atoms. The highest BCUT2D eigenvalue weighted by molar-refractivity contribution is 8.02. The van der Waals surface area contributed by atoms with Crippen LogP contribution in [0.15, 0.2) is 289 Å². The van der Waals surface area contributed by atoms with Crippen LogP contribution in [0.5, 0.6) is 0 Å². The Morgan fingerprint density at radius 3 is 1.52 bits per heavy atom. The highest BCUT2D eigenvalue weighted by Gasteiger charge is 2.33. The molecular weight excluding hydrogens is 2050 g/mol. The lowest BCUT2D eigenvalue weighted by Gasteiger charge is -2.21. The summed E-state index contributed by atoms with van der Waals surface area (Å²) < 4.78 is 6.77. The molecule has 0 aliphatic heterocycles. The van der Waals surface area contributed by atoms with Gasteiger partial charge in [0.15, 0.2) is 11.5 Å². The molecule has 9 aromatic carbocycles. The van der Waals surface area contributed by atoms with E-state index < -0.39 is 50.1 Å². The van der Waals surface area contributed by atoms with Crippen LogP contribution in [-0.2, 0) is 49.8 Å². The molecule has 11 aromatic heterocycles. The Morgan fingerprint density at radius 1 is 0.446 bits per heavy atom. The molecule has 6 N–H and O–H groups in total. The van der Waals surface area contributed by atoms with E-state index in [1.54, 1.807) is 126 Å². The molecule has 0 spiro atoms. The van der Waals surface area contributed by atoms with E-state index in [1.807, 2.05) is 233 Å². The zero-order valence-corrected chi connectivity index (χ0v) is 87.2. The van der Waals surface area contributed by atoms with E-state index in [0.717, 1.165) is 156 Å². The number of aliphatic carboxylic acids is 5. The topological polar surface area (TPSA) is 427 Å². The van der Waals surface area contributed by atoms with Crippen molar-refractivity contribution in [3.63, 3.8) is 0 Å². The number of pyridine rings is 5. The Labute approximate surface area is 888 Å². The summed E-state index contributed by atoms with van der Waals surface area (Å²) in [6.45, 7) is 14.4. The van der Waals surface area contributed by atoms with E-state index in [1.165, 1.54) is 46.6 Å². The fourth-order valence-corrected chi connectivity index (χ4v) is 22.3. The maximum absolute atomic E-state index is 11.5. The molecule has 20 rings (SSSR count). The van der Waals surface area contributed by atoms with E-state index in [9.17, 15) is 59.7 Å². The molecule has 0 unspecified atom stereocenters. The predicted molar refractivity (Wildman–Crippen MR) is 584 cm³/mol. The number of carboxylic acids is 6. The van der Waals surface area contributed by atoms with Gasteiger partial charge >= 0.3 is 35.8 Å². The van der Waals surface area contributed by atoms with Crippen LogP contribution in [0.2, 0.25) is 20.1 Å². The minimum Gasteiger partial charge on any atom is -0.481 e. The fourth-order valence-electron chi connectivity index (χ4n) is 16.0. The number of rotatable bonds is 24. The van der Waals surface area contributed by atoms with Gasteiger partial charge in [-0.2, -0.15) is 26.1 Å². The summed E-state index contributed by atoms with van der Waals surface area (Å²) in [5, 5.41) is 114. The number of carboxylic acid groups (broad SMARTS) is 6. The molecule has 0 saturated heterocycles. The first-order valence-electron chi connectivity index (χ1n) is 45.5. The van der Waals surface area contributed by atoms with E-state index >= 15 is 0 Å². The van der Waals surface area contributed by atoms with Crippen molar-refractivity contribution in [3.8, 4) is 69.2 Å². The van der Waals surface area contributed by atoms with Gasteiger partial charge in [0.2, 0.25) is 0 Å². The predicted octanol–water partition coefficient (Wildman–Crippen LogP) is 27.0. The molecule has 0 aliphatic carbocycles. The highest BCUT2D eigenvalue weighted by atomic mass is 35.5. The maximum Gasteiger partial charge on any atom is 0.345 e. The minimum atomic E-state index is -0.963. The zero-order chi connectivity index (χ0) is 106. The summed E-state index contributed by atoms with van der Waals surface area (Å²) in [7, 11) is 0. The molecule has 0 aliphatic rings. The van der Waals surface area contributed by atoms with Gasteiger partial charge in [-0.3, -0.25) is 47.4 Å². The van der Waals surface area contributed by atoms with Gasteiger partial charge in [-0.15, -0.1) is 68.2 Å². The van der Waals surface area contributed by atoms with Crippen molar-refractivity contribution in [1.82, 2.24) is 53.1 Å². The summed E-state index contributed by atoms with van der Waals surface area (Å²) in [5.74, 6) is -3.66. The molecular formula is C112H87Cl4N15O12S5. The van der Waals surface area contributed by atoms with Crippen LogP contribution in [0.25, 0.3) is 114 Å². The van der Waals surface area contributed by atoms with Crippen LogP contribution >= 0.6 is 104 Å². The molecule has 0 bridgehead atoms. The Kier molecular flexibility index (Phi) is 33.3. The van der Waals surface area contributed by atoms with Crippen molar-refractivity contribution >= 4 is 210 Å². The second-order valence-corrected chi connectivity index (χ2v) is 44.0. The number of aromatic nitrogens is 11. The number of halogens is 4. The van der Waals surface area contributed by atoms with E-state index in [4.69, 9.17) is 67.1 Å². The summed E-state index contributed by atoms with van der Waals surface area (Å²) in [6, 6.07) is 77.8. The van der Waals surface area contributed by atoms with Crippen molar-refractivity contribution in [1.29, 1.82) is 21.0 Å². The summed E-state index contributed by atoms with van der Waals surface area (Å²) in [6.07, 6.45) is 16.1. The number of nitriles is 4. The lowest BCUT2D eigenvalue weighted by atomic mass is 9.96. The maximum atomic E-state index is 11.5. The number of imidazole rings is 2. The Bertz CT molecular complexity index is 8730. The monoisotopic (exact) mass is 2130 g/mol. The van der Waals surface area contributed by atoms with Gasteiger partial charge in [-0.1, -0.05) is 137 Å². The second kappa shape index (κ2) is 46.3. The smallest absolute Gasteiger partial charge is 0.345 e. The number of hydrogen-bond acceptors (Lipinski definition) is 22. The second-order valence-electron chi connectivity index (χ2n) is 35.1. The third-order valence-corrected chi connectivity index (χ3v) is 31.1. The Balaban J connectivity index is 0.000000133. The number of nitrogens with zero attached hydrogens (tertiary/aromatic N) is 15. The van der Waals surface area contributed by atoms with Crippen LogP contribution in [0.3, 0.4) is 0 Å². The van der Waals surface area contributed by atoms with Gasteiger partial charge in [-0.25, -0.2) is 14.8 Å². The number of carbonyl (C=O) groups is 6. The van der Waals surface area contributed by atoms with Crippen LogP contribution in [-0.4, -0.2) is 134 Å². The quantitative estimate of drug-likeness (QED) is 0.0306. The summed E-state index contributed by atoms with van der Waals surface area (Å²) >= 11 is 31.8. The number of benzene rings is 9. The van der Waals surface area contributed by atoms with Crippen molar-refractivity contribution < 1.29 is 59.4 Å². The van der Waals surface area contributed by atoms with E-state index in [2.05, 4.69) is 59.5 Å². The average Bonchev–Trinajstić information content (AvgIpc) is 1.54. The normalized spacial score (nSPS) is 11.2. The number of aryl methyl sites for hydroxylation is 4. The first-order chi connectivity index (χ1) is 70.8. The molecule has 0 fully saturated rings. The number of aromatic carboxylic acids is 1. The third kappa shape index (κ3) is 24.4. The molecule has 20 aromatic rings. The number of thiophene rings is 2. The van der Waals surface area contributed by atoms with Crippen LogP contribution < -0.4 is 0 Å². The van der Waals surface area contributed by atoms with Gasteiger partial charge in [-0.05, 0) is 240 Å². The summed E-state index contributed by atoms with van der Waals surface area (Å²) in [5.41, 5.74) is 16.7. The molecule has 0 atom stereocenters. The van der Waals surface area contributed by atoms with E-state index in [0.29, 0.717) is 79.6 Å². The van der Waals surface area contributed by atoms with Gasteiger partial charge in [0, 0.05) is 161 Å². The first-order valence-corrected chi connectivity index (χ1v) is 51.1. The van der Waals surface area contributed by atoms with Crippen molar-refractivity contribution in [2.24, 2.45) is 0 Å².